The van der Waals surface area contributed by atoms with Gasteiger partial charge in [0.1, 0.15) is 16.8 Å². The molecule has 2 amide bonds. The highest BCUT2D eigenvalue weighted by Gasteiger charge is 2.42. The molecule has 1 fully saturated rings. The van der Waals surface area contributed by atoms with Gasteiger partial charge in [0.15, 0.2) is 0 Å². The third-order valence-electron chi connectivity index (χ3n) is 4.94. The van der Waals surface area contributed by atoms with Gasteiger partial charge in [0.2, 0.25) is 11.8 Å². The van der Waals surface area contributed by atoms with Crippen molar-refractivity contribution in [2.45, 2.75) is 29.8 Å². The zero-order valence-corrected chi connectivity index (χ0v) is 19.3. The number of carbonyl (C=O) groups is 2. The van der Waals surface area contributed by atoms with Gasteiger partial charge in [-0.1, -0.05) is 17.8 Å². The summed E-state index contributed by atoms with van der Waals surface area (Å²) in [5.41, 5.74) is -1.42. The SMILES string of the molecule is CCOc1ccc(N2C(=O)C[C@H](Sc3nc(-c4cccs4)cc(C(F)(F)F)c3C#N)C2=O)cc1. The van der Waals surface area contributed by atoms with Gasteiger partial charge >= 0.3 is 6.18 Å². The molecule has 1 aromatic carbocycles. The largest absolute Gasteiger partial charge is 0.494 e. The van der Waals surface area contributed by atoms with Crippen molar-refractivity contribution < 1.29 is 27.5 Å². The lowest BCUT2D eigenvalue weighted by atomic mass is 10.1. The van der Waals surface area contributed by atoms with Crippen LogP contribution in [0.1, 0.15) is 24.5 Å². The van der Waals surface area contributed by atoms with E-state index in [-0.39, 0.29) is 17.1 Å². The van der Waals surface area contributed by atoms with Crippen LogP contribution in [0.5, 0.6) is 5.75 Å². The van der Waals surface area contributed by atoms with Crippen molar-refractivity contribution in [2.75, 3.05) is 11.5 Å². The quantitative estimate of drug-likeness (QED) is 0.412. The number of hydrogen-bond acceptors (Lipinski definition) is 7. The molecule has 0 bridgehead atoms. The number of amides is 2. The first-order valence-electron chi connectivity index (χ1n) is 10.1. The van der Waals surface area contributed by atoms with Crippen LogP contribution in [0.25, 0.3) is 10.6 Å². The Morgan fingerprint density at radius 3 is 2.59 bits per heavy atom. The minimum absolute atomic E-state index is 0.0453. The predicted molar refractivity (Wildman–Crippen MR) is 122 cm³/mol. The molecule has 1 atom stereocenters. The van der Waals surface area contributed by atoms with Crippen LogP contribution in [0.2, 0.25) is 0 Å². The number of ether oxygens (including phenoxy) is 1. The van der Waals surface area contributed by atoms with Crippen LogP contribution in [-0.4, -0.2) is 28.7 Å². The Bertz CT molecular complexity index is 1270. The molecule has 6 nitrogen and oxygen atoms in total. The number of aromatic nitrogens is 1. The molecule has 1 saturated heterocycles. The number of nitrogens with zero attached hydrogens (tertiary/aromatic N) is 3. The van der Waals surface area contributed by atoms with Crippen molar-refractivity contribution in [1.82, 2.24) is 4.98 Å². The Balaban J connectivity index is 1.68. The van der Waals surface area contributed by atoms with Gasteiger partial charge in [-0.2, -0.15) is 18.4 Å². The molecular formula is C23H16F3N3O3S2. The van der Waals surface area contributed by atoms with Crippen molar-refractivity contribution in [3.05, 3.63) is 59.0 Å². The number of carbonyl (C=O) groups excluding carboxylic acids is 2. The van der Waals surface area contributed by atoms with Crippen LogP contribution < -0.4 is 9.64 Å². The number of thioether (sulfide) groups is 1. The van der Waals surface area contributed by atoms with Gasteiger partial charge in [-0.25, -0.2) is 9.88 Å². The van der Waals surface area contributed by atoms with Gasteiger partial charge < -0.3 is 4.74 Å². The van der Waals surface area contributed by atoms with Crippen molar-refractivity contribution in [2.24, 2.45) is 0 Å². The van der Waals surface area contributed by atoms with E-state index in [2.05, 4.69) is 4.98 Å². The molecule has 0 aliphatic carbocycles. The fraction of sp³-hybridized carbons (Fsp3) is 0.217. The van der Waals surface area contributed by atoms with Gasteiger partial charge in [0, 0.05) is 6.42 Å². The molecule has 174 valence electrons. The summed E-state index contributed by atoms with van der Waals surface area (Å²) in [7, 11) is 0. The molecule has 0 radical (unpaired) electrons. The number of hydrogen-bond donors (Lipinski definition) is 0. The van der Waals surface area contributed by atoms with E-state index in [0.29, 0.717) is 34.7 Å². The molecule has 0 unspecified atom stereocenters. The second-order valence-corrected chi connectivity index (χ2v) is 9.27. The van der Waals surface area contributed by atoms with Gasteiger partial charge in [-0.05, 0) is 48.7 Å². The molecule has 3 aromatic rings. The number of thiophene rings is 1. The lowest BCUT2D eigenvalue weighted by Gasteiger charge is -2.17. The lowest BCUT2D eigenvalue weighted by molar-refractivity contribution is -0.138. The van der Waals surface area contributed by atoms with Crippen LogP contribution in [0.3, 0.4) is 0 Å². The monoisotopic (exact) mass is 503 g/mol. The molecule has 4 rings (SSSR count). The topological polar surface area (TPSA) is 83.3 Å². The highest BCUT2D eigenvalue weighted by atomic mass is 32.2. The van der Waals surface area contributed by atoms with Crippen molar-refractivity contribution in [3.63, 3.8) is 0 Å². The smallest absolute Gasteiger partial charge is 0.417 e. The summed E-state index contributed by atoms with van der Waals surface area (Å²) in [5, 5.41) is 9.95. The Hall–Kier alpha value is -3.36. The maximum absolute atomic E-state index is 13.7. The summed E-state index contributed by atoms with van der Waals surface area (Å²) in [6.45, 7) is 2.28. The predicted octanol–water partition coefficient (Wildman–Crippen LogP) is 5.52. The first kappa shape index (κ1) is 23.8. The second-order valence-electron chi connectivity index (χ2n) is 7.13. The van der Waals surface area contributed by atoms with E-state index in [1.807, 2.05) is 6.92 Å². The Kier molecular flexibility index (Phi) is 6.63. The summed E-state index contributed by atoms with van der Waals surface area (Å²) in [6.07, 6.45) is -5.02. The number of benzene rings is 1. The highest BCUT2D eigenvalue weighted by molar-refractivity contribution is 8.00. The Labute approximate surface area is 201 Å². The van der Waals surface area contributed by atoms with Gasteiger partial charge in [0.25, 0.3) is 0 Å². The van der Waals surface area contributed by atoms with E-state index in [1.165, 1.54) is 11.3 Å². The van der Waals surface area contributed by atoms with Gasteiger partial charge in [-0.3, -0.25) is 9.59 Å². The maximum atomic E-state index is 13.7. The van der Waals surface area contributed by atoms with Crippen molar-refractivity contribution in [1.29, 1.82) is 5.26 Å². The fourth-order valence-corrected chi connectivity index (χ4v) is 5.26. The molecule has 0 saturated carbocycles. The number of anilines is 1. The molecule has 0 N–H and O–H groups in total. The third kappa shape index (κ3) is 4.64. The summed E-state index contributed by atoms with van der Waals surface area (Å²) in [5.74, 6) is -0.500. The van der Waals surface area contributed by atoms with Crippen LogP contribution >= 0.6 is 23.1 Å². The fourth-order valence-electron chi connectivity index (χ4n) is 3.45. The minimum Gasteiger partial charge on any atom is -0.494 e. The van der Waals surface area contributed by atoms with E-state index < -0.39 is 34.4 Å². The number of alkyl halides is 3. The maximum Gasteiger partial charge on any atom is 0.417 e. The van der Waals surface area contributed by atoms with E-state index in [4.69, 9.17) is 4.74 Å². The van der Waals surface area contributed by atoms with Crippen LogP contribution in [0.4, 0.5) is 18.9 Å². The molecular weight excluding hydrogens is 487 g/mol. The number of imide groups is 1. The summed E-state index contributed by atoms with van der Waals surface area (Å²) in [6, 6.07) is 12.1. The lowest BCUT2D eigenvalue weighted by Crippen LogP contribution is -2.31. The number of nitriles is 1. The Morgan fingerprint density at radius 1 is 1.26 bits per heavy atom. The summed E-state index contributed by atoms with van der Waals surface area (Å²) >= 11 is 1.90. The zero-order valence-electron chi connectivity index (χ0n) is 17.6. The van der Waals surface area contributed by atoms with E-state index in [0.717, 1.165) is 11.0 Å². The standard InChI is InChI=1S/C23H16F3N3O3S2/c1-2-32-14-7-5-13(6-8-14)29-20(30)11-19(22(29)31)34-21-15(12-27)16(23(24,25)26)10-17(28-21)18-4-3-9-33-18/h3-10,19H,2,11H2,1H3/t19-/m0/s1. The van der Waals surface area contributed by atoms with Gasteiger partial charge in [0.05, 0.1) is 39.2 Å². The third-order valence-corrected chi connectivity index (χ3v) is 7.01. The van der Waals surface area contributed by atoms with Crippen LogP contribution in [0.15, 0.2) is 52.9 Å². The molecule has 1 aliphatic heterocycles. The average Bonchev–Trinajstić information content (AvgIpc) is 3.42. The summed E-state index contributed by atoms with van der Waals surface area (Å²) in [4.78, 5) is 31.4. The van der Waals surface area contributed by atoms with E-state index >= 15 is 0 Å². The number of halogens is 3. The molecule has 11 heteroatoms. The van der Waals surface area contributed by atoms with Crippen LogP contribution in [0, 0.1) is 11.3 Å². The van der Waals surface area contributed by atoms with E-state index in [9.17, 15) is 28.0 Å². The first-order valence-corrected chi connectivity index (χ1v) is 11.8. The molecule has 0 spiro atoms. The first-order chi connectivity index (χ1) is 16.2. The molecule has 1 aliphatic rings. The van der Waals surface area contributed by atoms with E-state index in [1.54, 1.807) is 47.8 Å². The highest BCUT2D eigenvalue weighted by Crippen LogP contribution is 2.41. The zero-order chi connectivity index (χ0) is 24.5. The molecule has 3 heterocycles. The van der Waals surface area contributed by atoms with Crippen molar-refractivity contribution in [3.8, 4) is 22.4 Å². The van der Waals surface area contributed by atoms with Crippen molar-refractivity contribution >= 4 is 40.6 Å². The second kappa shape index (κ2) is 9.48. The molecule has 34 heavy (non-hydrogen) atoms. The number of rotatable bonds is 6. The Morgan fingerprint density at radius 2 is 2.00 bits per heavy atom. The average molecular weight is 504 g/mol. The summed E-state index contributed by atoms with van der Waals surface area (Å²) < 4.78 is 46.6. The normalized spacial score (nSPS) is 16.1. The number of pyridine rings is 1. The van der Waals surface area contributed by atoms with Crippen LogP contribution in [-0.2, 0) is 15.8 Å². The minimum atomic E-state index is -4.79. The molecule has 2 aromatic heterocycles. The van der Waals surface area contributed by atoms with Gasteiger partial charge in [-0.15, -0.1) is 11.3 Å².